The number of benzene rings is 1. The molecule has 1 aromatic rings. The van der Waals surface area contributed by atoms with E-state index in [1.165, 1.54) is 0 Å². The van der Waals surface area contributed by atoms with Crippen molar-refractivity contribution in [3.05, 3.63) is 35.1 Å². The number of amides is 1. The number of hydrogen-bond acceptors (Lipinski definition) is 4. The molecule has 0 aliphatic carbocycles. The van der Waals surface area contributed by atoms with Gasteiger partial charge in [-0.25, -0.2) is 18.2 Å². The van der Waals surface area contributed by atoms with E-state index in [1.807, 2.05) is 0 Å². The number of primary amides is 1. The molecular weight excluding hydrogens is 275 g/mol. The van der Waals surface area contributed by atoms with E-state index in [-0.39, 0.29) is 5.56 Å². The van der Waals surface area contributed by atoms with Crippen molar-refractivity contribution in [3.8, 4) is 0 Å². The second-order valence-corrected chi connectivity index (χ2v) is 4.35. The molecule has 1 aliphatic rings. The van der Waals surface area contributed by atoms with Crippen molar-refractivity contribution in [2.75, 3.05) is 13.3 Å². The Morgan fingerprint density at radius 2 is 2.25 bits per heavy atom. The highest BCUT2D eigenvalue weighted by molar-refractivity contribution is 5.93. The Kier molecular flexibility index (Phi) is 3.56. The number of ether oxygens (including phenoxy) is 1. The summed E-state index contributed by atoms with van der Waals surface area (Å²) in [5, 5.41) is 0. The molecule has 8 heteroatoms. The summed E-state index contributed by atoms with van der Waals surface area (Å²) in [6, 6.07) is 2.56. The topological polar surface area (TPSA) is 90.7 Å². The standard InChI is InChI=1S/C12H12F3N3O2/c13-5-12(9(15)4-20-11(17)18-12)7-3-6(10(16)19)1-2-8(7)14/h1-3,9H,4-5H2,(H2,16,19)(H2,17,18)/t9-,12-/m0/s1. The maximum Gasteiger partial charge on any atom is 0.283 e. The molecule has 0 saturated heterocycles. The first-order valence-electron chi connectivity index (χ1n) is 5.68. The Labute approximate surface area is 112 Å². The van der Waals surface area contributed by atoms with Crippen molar-refractivity contribution in [1.29, 1.82) is 0 Å². The van der Waals surface area contributed by atoms with E-state index in [2.05, 4.69) is 9.73 Å². The summed E-state index contributed by atoms with van der Waals surface area (Å²) in [6.07, 6.45) is -1.95. The van der Waals surface area contributed by atoms with E-state index < -0.39 is 48.3 Å². The van der Waals surface area contributed by atoms with Crippen molar-refractivity contribution < 1.29 is 22.7 Å². The largest absolute Gasteiger partial charge is 0.462 e. The summed E-state index contributed by atoms with van der Waals surface area (Å²) < 4.78 is 46.1. The number of carbonyl (C=O) groups excluding carboxylic acids is 1. The Bertz CT molecular complexity index is 579. The van der Waals surface area contributed by atoms with Crippen LogP contribution >= 0.6 is 0 Å². The monoisotopic (exact) mass is 287 g/mol. The van der Waals surface area contributed by atoms with Gasteiger partial charge in [0.15, 0.2) is 11.7 Å². The molecule has 5 nitrogen and oxygen atoms in total. The van der Waals surface area contributed by atoms with Crippen LogP contribution in [0, 0.1) is 5.82 Å². The van der Waals surface area contributed by atoms with E-state index in [0.29, 0.717) is 0 Å². The third-order valence-electron chi connectivity index (χ3n) is 3.13. The lowest BCUT2D eigenvalue weighted by atomic mass is 9.85. The highest BCUT2D eigenvalue weighted by Gasteiger charge is 2.47. The van der Waals surface area contributed by atoms with Gasteiger partial charge < -0.3 is 16.2 Å². The minimum Gasteiger partial charge on any atom is -0.462 e. The first-order valence-corrected chi connectivity index (χ1v) is 5.68. The van der Waals surface area contributed by atoms with Gasteiger partial charge >= 0.3 is 0 Å². The van der Waals surface area contributed by atoms with Crippen LogP contribution < -0.4 is 11.5 Å². The first kappa shape index (κ1) is 14.2. The number of halogens is 3. The number of aliphatic imine (C=N–C) groups is 1. The zero-order valence-electron chi connectivity index (χ0n) is 10.3. The van der Waals surface area contributed by atoms with Crippen molar-refractivity contribution >= 4 is 11.9 Å². The molecule has 4 N–H and O–H groups in total. The van der Waals surface area contributed by atoms with E-state index in [0.717, 1.165) is 18.2 Å². The van der Waals surface area contributed by atoms with Crippen LogP contribution in [0.1, 0.15) is 15.9 Å². The summed E-state index contributed by atoms with van der Waals surface area (Å²) in [5.41, 5.74) is 7.72. The predicted octanol–water partition coefficient (Wildman–Crippen LogP) is 0.772. The molecule has 1 aliphatic heterocycles. The number of nitrogens with zero attached hydrogens (tertiary/aromatic N) is 1. The number of alkyl halides is 2. The molecule has 108 valence electrons. The number of nitrogens with two attached hydrogens (primary N) is 2. The third-order valence-corrected chi connectivity index (χ3v) is 3.13. The molecule has 2 rings (SSSR count). The normalized spacial score (nSPS) is 25.8. The van der Waals surface area contributed by atoms with Gasteiger partial charge in [0.2, 0.25) is 5.91 Å². The van der Waals surface area contributed by atoms with Crippen LogP contribution in [0.15, 0.2) is 23.2 Å². The minimum absolute atomic E-state index is 0.0818. The van der Waals surface area contributed by atoms with Crippen LogP contribution in [0.25, 0.3) is 0 Å². The SMILES string of the molecule is NC(=O)c1ccc(F)c([C@]2(CF)N=C(N)OC[C@@H]2F)c1. The average Bonchev–Trinajstić information content (AvgIpc) is 2.42. The summed E-state index contributed by atoms with van der Waals surface area (Å²) in [5.74, 6) is -1.76. The minimum atomic E-state index is -2.17. The average molecular weight is 287 g/mol. The van der Waals surface area contributed by atoms with Gasteiger partial charge in [0.25, 0.3) is 6.02 Å². The van der Waals surface area contributed by atoms with Crippen molar-refractivity contribution in [2.24, 2.45) is 16.5 Å². The van der Waals surface area contributed by atoms with Gasteiger partial charge in [-0.1, -0.05) is 0 Å². The number of rotatable bonds is 3. The molecule has 0 saturated carbocycles. The second-order valence-electron chi connectivity index (χ2n) is 4.35. The molecule has 0 bridgehead atoms. The quantitative estimate of drug-likeness (QED) is 0.860. The molecule has 0 fully saturated rings. The van der Waals surface area contributed by atoms with E-state index in [1.54, 1.807) is 0 Å². The van der Waals surface area contributed by atoms with Gasteiger partial charge in [0.05, 0.1) is 0 Å². The highest BCUT2D eigenvalue weighted by Crippen LogP contribution is 2.37. The molecule has 0 spiro atoms. The van der Waals surface area contributed by atoms with Crippen LogP contribution in [0.3, 0.4) is 0 Å². The summed E-state index contributed by atoms with van der Waals surface area (Å²) >= 11 is 0. The van der Waals surface area contributed by atoms with Crippen molar-refractivity contribution in [1.82, 2.24) is 0 Å². The van der Waals surface area contributed by atoms with Crippen LogP contribution in [0.2, 0.25) is 0 Å². The van der Waals surface area contributed by atoms with E-state index in [4.69, 9.17) is 11.5 Å². The molecule has 1 amide bonds. The second kappa shape index (κ2) is 5.03. The zero-order chi connectivity index (χ0) is 14.9. The number of carbonyl (C=O) groups is 1. The Morgan fingerprint density at radius 1 is 1.55 bits per heavy atom. The fraction of sp³-hybridized carbons (Fsp3) is 0.333. The molecule has 0 unspecified atom stereocenters. The first-order chi connectivity index (χ1) is 9.40. The number of amidine groups is 1. The molecule has 0 aromatic heterocycles. The van der Waals surface area contributed by atoms with Crippen molar-refractivity contribution in [3.63, 3.8) is 0 Å². The number of hydrogen-bond donors (Lipinski definition) is 2. The maximum absolute atomic E-state index is 14.1. The highest BCUT2D eigenvalue weighted by atomic mass is 19.1. The molecule has 2 atom stereocenters. The van der Waals surface area contributed by atoms with Gasteiger partial charge in [0, 0.05) is 11.1 Å². The lowest BCUT2D eigenvalue weighted by Gasteiger charge is -2.34. The van der Waals surface area contributed by atoms with Gasteiger partial charge in [-0.05, 0) is 18.2 Å². The van der Waals surface area contributed by atoms with Gasteiger partial charge in [-0.15, -0.1) is 0 Å². The van der Waals surface area contributed by atoms with E-state index in [9.17, 15) is 18.0 Å². The van der Waals surface area contributed by atoms with Gasteiger partial charge in [0.1, 0.15) is 19.1 Å². The molecule has 1 heterocycles. The summed E-state index contributed by atoms with van der Waals surface area (Å²) in [7, 11) is 0. The lowest BCUT2D eigenvalue weighted by Crippen LogP contribution is -2.47. The van der Waals surface area contributed by atoms with Crippen LogP contribution in [-0.2, 0) is 10.3 Å². The van der Waals surface area contributed by atoms with Crippen LogP contribution in [0.4, 0.5) is 13.2 Å². The molecule has 1 aromatic carbocycles. The van der Waals surface area contributed by atoms with Gasteiger partial charge in [-0.3, -0.25) is 4.79 Å². The fourth-order valence-electron chi connectivity index (χ4n) is 2.02. The third kappa shape index (κ3) is 2.17. The van der Waals surface area contributed by atoms with Gasteiger partial charge in [-0.2, -0.15) is 0 Å². The molecular formula is C12H12F3N3O2. The smallest absolute Gasteiger partial charge is 0.283 e. The summed E-state index contributed by atoms with van der Waals surface area (Å²) in [6.45, 7) is -1.89. The van der Waals surface area contributed by atoms with Crippen LogP contribution in [-0.4, -0.2) is 31.4 Å². The zero-order valence-corrected chi connectivity index (χ0v) is 10.3. The molecule has 0 radical (unpaired) electrons. The fourth-order valence-corrected chi connectivity index (χ4v) is 2.02. The Hall–Kier alpha value is -2.25. The van der Waals surface area contributed by atoms with E-state index >= 15 is 0 Å². The molecule has 20 heavy (non-hydrogen) atoms. The Balaban J connectivity index is 2.64. The Morgan fingerprint density at radius 3 is 2.85 bits per heavy atom. The van der Waals surface area contributed by atoms with Crippen molar-refractivity contribution in [2.45, 2.75) is 11.7 Å². The predicted molar refractivity (Wildman–Crippen MR) is 65.0 cm³/mol. The lowest BCUT2D eigenvalue weighted by molar-refractivity contribution is 0.0663. The summed E-state index contributed by atoms with van der Waals surface area (Å²) in [4.78, 5) is 14.7. The maximum atomic E-state index is 14.1. The van der Waals surface area contributed by atoms with Crippen LogP contribution in [0.5, 0.6) is 0 Å².